The van der Waals surface area contributed by atoms with Crippen LogP contribution >= 0.6 is 0 Å². The van der Waals surface area contributed by atoms with Gasteiger partial charge in [0.05, 0.1) is 6.54 Å². The molecule has 0 bridgehead atoms. The van der Waals surface area contributed by atoms with Crippen LogP contribution in [0.5, 0.6) is 0 Å². The number of benzene rings is 2. The van der Waals surface area contributed by atoms with Crippen molar-refractivity contribution in [2.45, 2.75) is 38.2 Å². The molecule has 8 nitrogen and oxygen atoms in total. The van der Waals surface area contributed by atoms with Crippen LogP contribution in [0.15, 0.2) is 48.5 Å². The van der Waals surface area contributed by atoms with Gasteiger partial charge in [0.25, 0.3) is 0 Å². The van der Waals surface area contributed by atoms with E-state index in [1.807, 2.05) is 24.3 Å². The zero-order chi connectivity index (χ0) is 25.2. The van der Waals surface area contributed by atoms with E-state index in [-0.39, 0.29) is 37.9 Å². The summed E-state index contributed by atoms with van der Waals surface area (Å²) in [5.41, 5.74) is 2.49. The van der Waals surface area contributed by atoms with Gasteiger partial charge in [0.2, 0.25) is 5.91 Å². The molecule has 0 spiro atoms. The van der Waals surface area contributed by atoms with Crippen LogP contribution in [-0.2, 0) is 19.1 Å². The number of hydrogen-bond donors (Lipinski definition) is 2. The molecule has 186 valence electrons. The number of alkyl carbamates (subject to hydrolysis) is 1. The van der Waals surface area contributed by atoms with Crippen molar-refractivity contribution >= 4 is 18.0 Å². The third kappa shape index (κ3) is 4.75. The molecule has 2 aromatic carbocycles. The number of carboxylic acid groups (broad SMARTS) is 1. The van der Waals surface area contributed by atoms with E-state index in [1.54, 1.807) is 13.8 Å². The summed E-state index contributed by atoms with van der Waals surface area (Å²) in [7, 11) is 1.35. The zero-order valence-corrected chi connectivity index (χ0v) is 20.4. The van der Waals surface area contributed by atoms with Crippen LogP contribution in [0.1, 0.15) is 43.7 Å². The van der Waals surface area contributed by atoms with Crippen LogP contribution in [-0.4, -0.2) is 66.9 Å². The molecule has 1 heterocycles. The van der Waals surface area contributed by atoms with E-state index >= 15 is 0 Å². The fourth-order valence-electron chi connectivity index (χ4n) is 5.05. The van der Waals surface area contributed by atoms with Crippen molar-refractivity contribution in [3.05, 3.63) is 59.7 Å². The quantitative estimate of drug-likeness (QED) is 0.598. The Morgan fingerprint density at radius 2 is 1.69 bits per heavy atom. The lowest BCUT2D eigenvalue weighted by molar-refractivity contribution is -0.161. The van der Waals surface area contributed by atoms with Crippen LogP contribution in [0, 0.1) is 5.41 Å². The van der Waals surface area contributed by atoms with Crippen molar-refractivity contribution in [2.75, 3.05) is 33.4 Å². The van der Waals surface area contributed by atoms with Gasteiger partial charge < -0.3 is 24.8 Å². The summed E-state index contributed by atoms with van der Waals surface area (Å²) < 4.78 is 10.8. The third-order valence-corrected chi connectivity index (χ3v) is 7.24. The highest BCUT2D eigenvalue weighted by molar-refractivity contribution is 5.85. The fourth-order valence-corrected chi connectivity index (χ4v) is 5.05. The van der Waals surface area contributed by atoms with Gasteiger partial charge in [0.15, 0.2) is 5.60 Å². The Morgan fingerprint density at radius 3 is 2.23 bits per heavy atom. The molecule has 1 saturated heterocycles. The normalized spacial score (nSPS) is 19.2. The maximum absolute atomic E-state index is 13.0. The molecule has 1 aliphatic heterocycles. The average molecular weight is 481 g/mol. The van der Waals surface area contributed by atoms with Crippen molar-refractivity contribution < 1.29 is 29.0 Å². The second-order valence-corrected chi connectivity index (χ2v) is 9.87. The van der Waals surface area contributed by atoms with E-state index in [4.69, 9.17) is 9.47 Å². The Hall–Kier alpha value is -3.39. The molecular formula is C27H32N2O6. The molecule has 8 heteroatoms. The van der Waals surface area contributed by atoms with Crippen LogP contribution in [0.3, 0.4) is 0 Å². The summed E-state index contributed by atoms with van der Waals surface area (Å²) >= 11 is 0. The molecule has 0 aromatic heterocycles. The number of nitrogens with one attached hydrogen (secondary N) is 1. The molecule has 1 atom stereocenters. The van der Waals surface area contributed by atoms with Crippen molar-refractivity contribution in [1.29, 1.82) is 0 Å². The first-order chi connectivity index (χ1) is 16.7. The van der Waals surface area contributed by atoms with E-state index in [1.165, 1.54) is 23.1 Å². The van der Waals surface area contributed by atoms with Gasteiger partial charge in [0.1, 0.15) is 6.61 Å². The second-order valence-electron chi connectivity index (χ2n) is 9.87. The van der Waals surface area contributed by atoms with E-state index in [9.17, 15) is 19.5 Å². The fraction of sp³-hybridized carbons (Fsp3) is 0.444. The highest BCUT2D eigenvalue weighted by Crippen LogP contribution is 2.44. The number of ether oxygens (including phenoxy) is 2. The number of rotatable bonds is 8. The summed E-state index contributed by atoms with van der Waals surface area (Å²) in [6.07, 6.45) is 0.110. The Kier molecular flexibility index (Phi) is 6.85. The van der Waals surface area contributed by atoms with Crippen molar-refractivity contribution in [3.8, 4) is 11.1 Å². The summed E-state index contributed by atoms with van der Waals surface area (Å²) in [5.74, 6) is -1.24. The Labute approximate surface area is 205 Å². The summed E-state index contributed by atoms with van der Waals surface area (Å²) in [6.45, 7) is 4.41. The maximum atomic E-state index is 13.0. The third-order valence-electron chi connectivity index (χ3n) is 7.24. The molecule has 2 aliphatic rings. The number of likely N-dealkylation sites (tertiary alicyclic amines) is 1. The van der Waals surface area contributed by atoms with Gasteiger partial charge in [-0.3, -0.25) is 4.79 Å². The first-order valence-electron chi connectivity index (χ1n) is 11.9. The molecule has 2 amide bonds. The predicted molar refractivity (Wildman–Crippen MR) is 130 cm³/mol. The van der Waals surface area contributed by atoms with Crippen LogP contribution in [0.2, 0.25) is 0 Å². The molecular weight excluding hydrogens is 448 g/mol. The minimum Gasteiger partial charge on any atom is -0.479 e. The molecule has 0 radical (unpaired) electrons. The summed E-state index contributed by atoms with van der Waals surface area (Å²) in [4.78, 5) is 38.6. The lowest BCUT2D eigenvalue weighted by atomic mass is 9.87. The van der Waals surface area contributed by atoms with Crippen molar-refractivity contribution in [1.82, 2.24) is 10.2 Å². The molecule has 35 heavy (non-hydrogen) atoms. The monoisotopic (exact) mass is 480 g/mol. The van der Waals surface area contributed by atoms with Crippen LogP contribution in [0.4, 0.5) is 4.79 Å². The number of carbonyl (C=O) groups excluding carboxylic acids is 2. The van der Waals surface area contributed by atoms with Gasteiger partial charge in [0, 0.05) is 38.0 Å². The van der Waals surface area contributed by atoms with Gasteiger partial charge in [-0.1, -0.05) is 62.4 Å². The molecule has 1 fully saturated rings. The second kappa shape index (κ2) is 9.70. The van der Waals surface area contributed by atoms with Gasteiger partial charge in [-0.15, -0.1) is 0 Å². The highest BCUT2D eigenvalue weighted by atomic mass is 16.5. The lowest BCUT2D eigenvalue weighted by Gasteiger charge is -2.30. The number of hydrogen-bond acceptors (Lipinski definition) is 5. The Morgan fingerprint density at radius 1 is 1.09 bits per heavy atom. The number of carboxylic acids is 1. The van der Waals surface area contributed by atoms with Gasteiger partial charge in [-0.05, 0) is 28.7 Å². The Balaban J connectivity index is 1.28. The molecule has 1 aliphatic carbocycles. The van der Waals surface area contributed by atoms with E-state index in [2.05, 4.69) is 29.6 Å². The first-order valence-corrected chi connectivity index (χ1v) is 11.9. The number of nitrogens with zero attached hydrogens (tertiary/aromatic N) is 1. The lowest BCUT2D eigenvalue weighted by Crippen LogP contribution is -2.47. The van der Waals surface area contributed by atoms with Crippen molar-refractivity contribution in [3.63, 3.8) is 0 Å². The first kappa shape index (κ1) is 24.7. The topological polar surface area (TPSA) is 105 Å². The number of fused-ring (bicyclic) bond motifs is 3. The molecule has 2 N–H and O–H groups in total. The minimum atomic E-state index is -1.36. The van der Waals surface area contributed by atoms with Crippen LogP contribution in [0.25, 0.3) is 11.1 Å². The number of carbonyl (C=O) groups is 3. The molecule has 1 unspecified atom stereocenters. The average Bonchev–Trinajstić information content (AvgIpc) is 3.43. The van der Waals surface area contributed by atoms with Gasteiger partial charge >= 0.3 is 12.1 Å². The number of methoxy groups -OCH3 is 1. The van der Waals surface area contributed by atoms with Crippen LogP contribution < -0.4 is 5.32 Å². The minimum absolute atomic E-state index is 0.0148. The SMILES string of the molecule is COC1(C(=O)O)CCN(C(=O)C(C)(C)CCNC(=O)OCC2c3ccccc3-c3ccccc32)C1. The smallest absolute Gasteiger partial charge is 0.407 e. The highest BCUT2D eigenvalue weighted by Gasteiger charge is 2.48. The molecule has 0 saturated carbocycles. The predicted octanol–water partition coefficient (Wildman–Crippen LogP) is 3.64. The Bertz CT molecular complexity index is 1080. The number of aliphatic carboxylic acids is 1. The van der Waals surface area contributed by atoms with E-state index in [0.717, 1.165) is 11.1 Å². The molecule has 4 rings (SSSR count). The van der Waals surface area contributed by atoms with Gasteiger partial charge in [-0.25, -0.2) is 9.59 Å². The number of amides is 2. The molecule has 2 aromatic rings. The zero-order valence-electron chi connectivity index (χ0n) is 20.4. The summed E-state index contributed by atoms with van der Waals surface area (Å²) in [5, 5.41) is 12.2. The van der Waals surface area contributed by atoms with Gasteiger partial charge in [-0.2, -0.15) is 0 Å². The van der Waals surface area contributed by atoms with E-state index in [0.29, 0.717) is 13.0 Å². The summed E-state index contributed by atoms with van der Waals surface area (Å²) in [6, 6.07) is 16.3. The van der Waals surface area contributed by atoms with E-state index < -0.39 is 23.1 Å². The largest absolute Gasteiger partial charge is 0.479 e. The standard InChI is InChI=1S/C27H32N2O6/c1-26(2,23(30)29-15-13-27(17-29,34-3)24(31)32)12-14-28-25(33)35-16-22-20-10-6-4-8-18(20)19-9-5-7-11-21(19)22/h4-11,22H,12-17H2,1-3H3,(H,28,33)(H,31,32). The van der Waals surface area contributed by atoms with Crippen molar-refractivity contribution in [2.24, 2.45) is 5.41 Å². The maximum Gasteiger partial charge on any atom is 0.407 e.